The van der Waals surface area contributed by atoms with E-state index in [-0.39, 0.29) is 23.8 Å². The van der Waals surface area contributed by atoms with Crippen molar-refractivity contribution in [3.63, 3.8) is 0 Å². The van der Waals surface area contributed by atoms with Crippen molar-refractivity contribution in [3.05, 3.63) is 58.8 Å². The van der Waals surface area contributed by atoms with E-state index in [1.807, 2.05) is 62.9 Å². The molecule has 0 saturated carbocycles. The minimum atomic E-state index is -0.0176. The number of pyridine rings is 1. The van der Waals surface area contributed by atoms with Gasteiger partial charge in [-0.1, -0.05) is 24.3 Å². The molecule has 2 heterocycles. The Labute approximate surface area is 168 Å². The number of hydrogen-bond donors (Lipinski definition) is 1. The number of carbonyl (C=O) groups excluding carboxylic acids is 2. The lowest BCUT2D eigenvalue weighted by atomic mass is 10.1. The zero-order valence-electron chi connectivity index (χ0n) is 16.4. The molecule has 2 aromatic carbocycles. The number of benzene rings is 2. The van der Waals surface area contributed by atoms with Crippen LogP contribution in [0.15, 0.2) is 53.3 Å². The van der Waals surface area contributed by atoms with E-state index in [4.69, 9.17) is 0 Å². The predicted octanol–water partition coefficient (Wildman–Crippen LogP) is 1.04. The third kappa shape index (κ3) is 3.73. The van der Waals surface area contributed by atoms with Gasteiger partial charge < -0.3 is 14.8 Å². The Bertz CT molecular complexity index is 1070. The number of likely N-dealkylation sites (N-methyl/N-ethyl adjacent to an activating group) is 1. The summed E-state index contributed by atoms with van der Waals surface area (Å²) in [5.74, 6) is -0.000442. The van der Waals surface area contributed by atoms with Gasteiger partial charge in [0.05, 0.1) is 17.6 Å². The van der Waals surface area contributed by atoms with Crippen LogP contribution in [0.4, 0.5) is 0 Å². The average molecular weight is 392 g/mol. The molecule has 2 amide bonds. The van der Waals surface area contributed by atoms with Crippen LogP contribution < -0.4 is 10.7 Å². The molecule has 7 heteroatoms. The minimum Gasteiger partial charge on any atom is -0.358 e. The molecule has 0 bridgehead atoms. The molecule has 0 radical (unpaired) electrons. The number of para-hydroxylation sites is 2. The summed E-state index contributed by atoms with van der Waals surface area (Å²) in [5.41, 5.74) is 1.52. The highest BCUT2D eigenvalue weighted by Crippen LogP contribution is 2.19. The van der Waals surface area contributed by atoms with Crippen molar-refractivity contribution in [2.45, 2.75) is 6.54 Å². The largest absolute Gasteiger partial charge is 0.358 e. The molecule has 0 aliphatic carbocycles. The molecule has 150 valence electrons. The van der Waals surface area contributed by atoms with Crippen LogP contribution in [0.5, 0.6) is 0 Å². The molecule has 4 rings (SSSR count). The van der Waals surface area contributed by atoms with Crippen LogP contribution in [0.1, 0.15) is 0 Å². The highest BCUT2D eigenvalue weighted by Gasteiger charge is 2.23. The Balaban J connectivity index is 1.60. The Kier molecular flexibility index (Phi) is 5.31. The van der Waals surface area contributed by atoms with E-state index in [2.05, 4.69) is 5.32 Å². The second-order valence-electron chi connectivity index (χ2n) is 7.28. The maximum absolute atomic E-state index is 13.1. The lowest BCUT2D eigenvalue weighted by molar-refractivity contribution is -0.133. The van der Waals surface area contributed by atoms with Crippen molar-refractivity contribution in [3.8, 4) is 0 Å². The molecule has 7 nitrogen and oxygen atoms in total. The molecule has 1 fully saturated rings. The van der Waals surface area contributed by atoms with E-state index in [9.17, 15) is 14.4 Å². The molecule has 1 aliphatic heterocycles. The van der Waals surface area contributed by atoms with E-state index < -0.39 is 0 Å². The smallest absolute Gasteiger partial charge is 0.242 e. The number of piperazine rings is 1. The Morgan fingerprint density at radius 2 is 1.41 bits per heavy atom. The van der Waals surface area contributed by atoms with Gasteiger partial charge in [-0.3, -0.25) is 19.3 Å². The minimum absolute atomic E-state index is 0.0114. The summed E-state index contributed by atoms with van der Waals surface area (Å²) in [7, 11) is 1.63. The number of carbonyl (C=O) groups is 2. The van der Waals surface area contributed by atoms with Crippen molar-refractivity contribution in [1.82, 2.24) is 19.7 Å². The van der Waals surface area contributed by atoms with Crippen LogP contribution in [0.3, 0.4) is 0 Å². The first-order valence-corrected chi connectivity index (χ1v) is 9.79. The van der Waals surface area contributed by atoms with Crippen LogP contribution in [-0.2, 0) is 16.1 Å². The third-order valence-corrected chi connectivity index (χ3v) is 5.54. The Hall–Kier alpha value is -3.19. The highest BCUT2D eigenvalue weighted by atomic mass is 16.2. The second kappa shape index (κ2) is 8.05. The highest BCUT2D eigenvalue weighted by molar-refractivity contribution is 5.94. The molecule has 0 unspecified atom stereocenters. The van der Waals surface area contributed by atoms with Crippen molar-refractivity contribution >= 4 is 33.6 Å². The summed E-state index contributed by atoms with van der Waals surface area (Å²) in [4.78, 5) is 41.3. The molecule has 3 aromatic rings. The van der Waals surface area contributed by atoms with Gasteiger partial charge in [-0.05, 0) is 24.3 Å². The van der Waals surface area contributed by atoms with Crippen LogP contribution >= 0.6 is 0 Å². The number of nitrogens with one attached hydrogen (secondary N) is 1. The third-order valence-electron chi connectivity index (χ3n) is 5.54. The SMILES string of the molecule is CNC(=O)CN1CCN(C(=O)Cn2c3ccccc3c(=O)c3ccccc32)CC1. The zero-order valence-corrected chi connectivity index (χ0v) is 16.4. The van der Waals surface area contributed by atoms with Gasteiger partial charge in [0.25, 0.3) is 0 Å². The van der Waals surface area contributed by atoms with Crippen molar-refractivity contribution in [2.75, 3.05) is 39.8 Å². The van der Waals surface area contributed by atoms with Gasteiger partial charge in [0.2, 0.25) is 11.8 Å². The first-order chi connectivity index (χ1) is 14.1. The fraction of sp³-hybridized carbons (Fsp3) is 0.318. The van der Waals surface area contributed by atoms with Gasteiger partial charge in [0.15, 0.2) is 5.43 Å². The molecule has 1 saturated heterocycles. The number of fused-ring (bicyclic) bond motifs is 2. The molecule has 1 aromatic heterocycles. The molecule has 29 heavy (non-hydrogen) atoms. The summed E-state index contributed by atoms with van der Waals surface area (Å²) in [6.07, 6.45) is 0. The normalized spacial score (nSPS) is 15.0. The molecule has 1 N–H and O–H groups in total. The van der Waals surface area contributed by atoms with E-state index in [0.29, 0.717) is 43.5 Å². The molecular weight excluding hydrogens is 368 g/mol. The van der Waals surface area contributed by atoms with Crippen molar-refractivity contribution < 1.29 is 9.59 Å². The monoisotopic (exact) mass is 392 g/mol. The molecule has 0 spiro atoms. The Morgan fingerprint density at radius 1 is 0.862 bits per heavy atom. The lowest BCUT2D eigenvalue weighted by Gasteiger charge is -2.34. The van der Waals surface area contributed by atoms with Gasteiger partial charge in [-0.15, -0.1) is 0 Å². The standard InChI is InChI=1S/C22H24N4O3/c1-23-20(27)14-24-10-12-25(13-11-24)21(28)15-26-18-8-4-2-6-16(18)22(29)17-7-3-5-9-19(17)26/h2-9H,10-15H2,1H3,(H,23,27). The quantitative estimate of drug-likeness (QED) is 0.674. The van der Waals surface area contributed by atoms with Gasteiger partial charge in [-0.25, -0.2) is 0 Å². The van der Waals surface area contributed by atoms with E-state index in [0.717, 1.165) is 11.0 Å². The molecule has 1 aliphatic rings. The van der Waals surface area contributed by atoms with Crippen LogP contribution in [0.25, 0.3) is 21.8 Å². The van der Waals surface area contributed by atoms with Gasteiger partial charge in [0, 0.05) is 44.0 Å². The number of hydrogen-bond acceptors (Lipinski definition) is 4. The van der Waals surface area contributed by atoms with Gasteiger partial charge in [0.1, 0.15) is 6.54 Å². The van der Waals surface area contributed by atoms with E-state index in [1.54, 1.807) is 7.05 Å². The fourth-order valence-corrected chi connectivity index (χ4v) is 3.92. The number of amides is 2. The maximum atomic E-state index is 13.1. The van der Waals surface area contributed by atoms with Crippen molar-refractivity contribution in [1.29, 1.82) is 0 Å². The topological polar surface area (TPSA) is 74.7 Å². The zero-order chi connectivity index (χ0) is 20.4. The van der Waals surface area contributed by atoms with Crippen LogP contribution in [0, 0.1) is 0 Å². The van der Waals surface area contributed by atoms with Crippen LogP contribution in [-0.4, -0.2) is 66.0 Å². The fourth-order valence-electron chi connectivity index (χ4n) is 3.92. The summed E-state index contributed by atoms with van der Waals surface area (Å²) in [5, 5.41) is 3.87. The average Bonchev–Trinajstić information content (AvgIpc) is 2.77. The summed E-state index contributed by atoms with van der Waals surface area (Å²) in [6, 6.07) is 14.8. The first-order valence-electron chi connectivity index (χ1n) is 9.79. The van der Waals surface area contributed by atoms with E-state index in [1.165, 1.54) is 0 Å². The summed E-state index contributed by atoms with van der Waals surface area (Å²) < 4.78 is 1.94. The molecule has 0 atom stereocenters. The predicted molar refractivity (Wildman–Crippen MR) is 113 cm³/mol. The van der Waals surface area contributed by atoms with E-state index >= 15 is 0 Å². The second-order valence-corrected chi connectivity index (χ2v) is 7.28. The number of nitrogens with zero attached hydrogens (tertiary/aromatic N) is 3. The maximum Gasteiger partial charge on any atom is 0.242 e. The lowest BCUT2D eigenvalue weighted by Crippen LogP contribution is -2.51. The van der Waals surface area contributed by atoms with Gasteiger partial charge >= 0.3 is 0 Å². The number of rotatable bonds is 4. The Morgan fingerprint density at radius 3 is 1.97 bits per heavy atom. The van der Waals surface area contributed by atoms with Gasteiger partial charge in [-0.2, -0.15) is 0 Å². The number of aromatic nitrogens is 1. The van der Waals surface area contributed by atoms with Crippen LogP contribution in [0.2, 0.25) is 0 Å². The summed E-state index contributed by atoms with van der Waals surface area (Å²) >= 11 is 0. The van der Waals surface area contributed by atoms with Crippen molar-refractivity contribution in [2.24, 2.45) is 0 Å². The first kappa shape index (κ1) is 19.1. The summed E-state index contributed by atoms with van der Waals surface area (Å²) in [6.45, 7) is 3.05. The molecular formula is C22H24N4O3.